The molecule has 0 bridgehead atoms. The second kappa shape index (κ2) is 5.07. The van der Waals surface area contributed by atoms with Crippen LogP contribution in [0.3, 0.4) is 0 Å². The minimum Gasteiger partial charge on any atom is -0.476 e. The minimum absolute atomic E-state index is 0.0365. The molecule has 0 radical (unpaired) electrons. The maximum atomic E-state index is 13.4. The molecular formula is C12H7ClFNO3S. The molecule has 1 aromatic heterocycles. The van der Waals surface area contributed by atoms with Gasteiger partial charge in [0.05, 0.1) is 5.02 Å². The number of carboxylic acid groups (broad SMARTS) is 1. The molecule has 19 heavy (non-hydrogen) atoms. The van der Waals surface area contributed by atoms with Crippen LogP contribution in [-0.4, -0.2) is 21.8 Å². The lowest BCUT2D eigenvalue weighted by Gasteiger charge is -1.97. The number of benzene rings is 1. The van der Waals surface area contributed by atoms with E-state index in [9.17, 15) is 14.0 Å². The van der Waals surface area contributed by atoms with Gasteiger partial charge in [-0.15, -0.1) is 11.3 Å². The summed E-state index contributed by atoms with van der Waals surface area (Å²) in [7, 11) is 0. The number of hydrogen-bond donors (Lipinski definition) is 1. The topological polar surface area (TPSA) is 67.3 Å². The second-order valence-electron chi connectivity index (χ2n) is 3.69. The van der Waals surface area contributed by atoms with Crippen molar-refractivity contribution in [2.45, 2.75) is 6.92 Å². The molecule has 0 aliphatic rings. The van der Waals surface area contributed by atoms with Crippen molar-refractivity contribution in [2.24, 2.45) is 0 Å². The highest BCUT2D eigenvalue weighted by Gasteiger charge is 2.21. The highest BCUT2D eigenvalue weighted by atomic mass is 35.5. The van der Waals surface area contributed by atoms with E-state index in [0.29, 0.717) is 5.56 Å². The van der Waals surface area contributed by atoms with Gasteiger partial charge in [-0.3, -0.25) is 4.79 Å². The van der Waals surface area contributed by atoms with Gasteiger partial charge in [0.25, 0.3) is 0 Å². The molecule has 7 heteroatoms. The van der Waals surface area contributed by atoms with Crippen LogP contribution in [0.15, 0.2) is 18.2 Å². The first kappa shape index (κ1) is 13.6. The maximum absolute atomic E-state index is 13.4. The van der Waals surface area contributed by atoms with Gasteiger partial charge in [-0.05, 0) is 12.1 Å². The van der Waals surface area contributed by atoms with E-state index >= 15 is 0 Å². The molecule has 1 heterocycles. The van der Waals surface area contributed by atoms with Gasteiger partial charge in [0.2, 0.25) is 0 Å². The molecule has 98 valence electrons. The first-order chi connectivity index (χ1) is 8.90. The Balaban J connectivity index is 2.57. The van der Waals surface area contributed by atoms with Gasteiger partial charge in [0.1, 0.15) is 15.7 Å². The predicted molar refractivity (Wildman–Crippen MR) is 69.5 cm³/mol. The van der Waals surface area contributed by atoms with E-state index in [1.54, 1.807) is 0 Å². The molecule has 0 atom stereocenters. The maximum Gasteiger partial charge on any atom is 0.356 e. The van der Waals surface area contributed by atoms with Crippen molar-refractivity contribution >= 4 is 34.7 Å². The first-order valence-corrected chi connectivity index (χ1v) is 6.30. The molecule has 4 nitrogen and oxygen atoms in total. The van der Waals surface area contributed by atoms with Crippen LogP contribution in [0.4, 0.5) is 4.39 Å². The number of halogens is 2. The van der Waals surface area contributed by atoms with E-state index in [4.69, 9.17) is 16.7 Å². The zero-order valence-electron chi connectivity index (χ0n) is 9.61. The van der Waals surface area contributed by atoms with E-state index in [1.165, 1.54) is 19.1 Å². The third-order valence-electron chi connectivity index (χ3n) is 2.32. The van der Waals surface area contributed by atoms with Crippen molar-refractivity contribution in [3.8, 4) is 10.6 Å². The van der Waals surface area contributed by atoms with Crippen LogP contribution >= 0.6 is 22.9 Å². The summed E-state index contributed by atoms with van der Waals surface area (Å²) in [6.07, 6.45) is 0. The number of ketones is 1. The molecule has 0 fully saturated rings. The highest BCUT2D eigenvalue weighted by molar-refractivity contribution is 7.17. The summed E-state index contributed by atoms with van der Waals surface area (Å²) in [5.74, 6) is -2.31. The number of carbonyl (C=O) groups is 2. The number of carbonyl (C=O) groups excluding carboxylic acids is 1. The number of aromatic nitrogens is 1. The van der Waals surface area contributed by atoms with Gasteiger partial charge >= 0.3 is 5.97 Å². The van der Waals surface area contributed by atoms with E-state index in [-0.39, 0.29) is 20.6 Å². The smallest absolute Gasteiger partial charge is 0.356 e. The molecular weight excluding hydrogens is 293 g/mol. The van der Waals surface area contributed by atoms with Crippen molar-refractivity contribution in [2.75, 3.05) is 0 Å². The summed E-state index contributed by atoms with van der Waals surface area (Å²) in [6, 6.07) is 4.01. The number of Topliss-reactive ketones (excluding diaryl/α,β-unsaturated/α-hetero) is 1. The Morgan fingerprint density at radius 1 is 1.42 bits per heavy atom. The minimum atomic E-state index is -1.29. The molecule has 0 aliphatic heterocycles. The molecule has 0 unspecified atom stereocenters. The number of hydrogen-bond acceptors (Lipinski definition) is 4. The summed E-state index contributed by atoms with van der Waals surface area (Å²) >= 11 is 6.48. The second-order valence-corrected chi connectivity index (χ2v) is 5.09. The standard InChI is InChI=1S/C12H7ClFNO3S/c1-5(16)10-9(12(17)18)15-11(19-10)6-2-3-7(13)8(14)4-6/h2-4H,1H3,(H,17,18). The molecule has 2 rings (SSSR count). The van der Waals surface area contributed by atoms with Crippen LogP contribution in [-0.2, 0) is 0 Å². The average Bonchev–Trinajstić information content (AvgIpc) is 2.78. The fraction of sp³-hybridized carbons (Fsp3) is 0.0833. The number of aromatic carboxylic acids is 1. The molecule has 0 saturated carbocycles. The van der Waals surface area contributed by atoms with Gasteiger partial charge in [0.15, 0.2) is 11.5 Å². The quantitative estimate of drug-likeness (QED) is 0.881. The number of nitrogens with zero attached hydrogens (tertiary/aromatic N) is 1. The zero-order valence-corrected chi connectivity index (χ0v) is 11.2. The Hall–Kier alpha value is -1.79. The van der Waals surface area contributed by atoms with Crippen LogP contribution in [0.1, 0.15) is 27.1 Å². The van der Waals surface area contributed by atoms with Crippen LogP contribution in [0.25, 0.3) is 10.6 Å². The van der Waals surface area contributed by atoms with Crippen LogP contribution in [0, 0.1) is 5.82 Å². The molecule has 1 aromatic carbocycles. The molecule has 0 spiro atoms. The third-order valence-corrected chi connectivity index (χ3v) is 3.83. The fourth-order valence-electron chi connectivity index (χ4n) is 1.46. The highest BCUT2D eigenvalue weighted by Crippen LogP contribution is 2.30. The summed E-state index contributed by atoms with van der Waals surface area (Å²) in [6.45, 7) is 1.26. The number of carboxylic acids is 1. The Kier molecular flexibility index (Phi) is 3.64. The van der Waals surface area contributed by atoms with Gasteiger partial charge in [0, 0.05) is 12.5 Å². The predicted octanol–water partition coefficient (Wildman–Crippen LogP) is 3.50. The summed E-state index contributed by atoms with van der Waals surface area (Å²) in [4.78, 5) is 26.2. The van der Waals surface area contributed by atoms with Gasteiger partial charge < -0.3 is 5.11 Å². The monoisotopic (exact) mass is 299 g/mol. The summed E-state index contributed by atoms with van der Waals surface area (Å²) in [5, 5.41) is 9.20. The molecule has 0 amide bonds. The van der Waals surface area contributed by atoms with E-state index in [0.717, 1.165) is 17.4 Å². The molecule has 0 saturated heterocycles. The van der Waals surface area contributed by atoms with E-state index < -0.39 is 17.6 Å². The molecule has 0 aliphatic carbocycles. The largest absolute Gasteiger partial charge is 0.476 e. The Morgan fingerprint density at radius 2 is 2.11 bits per heavy atom. The molecule has 1 N–H and O–H groups in total. The van der Waals surface area contributed by atoms with Gasteiger partial charge in [-0.2, -0.15) is 0 Å². The zero-order chi connectivity index (χ0) is 14.2. The number of rotatable bonds is 3. The van der Waals surface area contributed by atoms with Gasteiger partial charge in [-0.1, -0.05) is 17.7 Å². The molecule has 2 aromatic rings. The normalized spacial score (nSPS) is 10.5. The van der Waals surface area contributed by atoms with Crippen molar-refractivity contribution in [3.63, 3.8) is 0 Å². The van der Waals surface area contributed by atoms with Crippen LogP contribution in [0.2, 0.25) is 5.02 Å². The Labute approximate surface area is 116 Å². The first-order valence-electron chi connectivity index (χ1n) is 5.10. The Bertz CT molecular complexity index is 652. The SMILES string of the molecule is CC(=O)c1sc(-c2ccc(Cl)c(F)c2)nc1C(=O)O. The van der Waals surface area contributed by atoms with Gasteiger partial charge in [-0.25, -0.2) is 14.2 Å². The average molecular weight is 300 g/mol. The van der Waals surface area contributed by atoms with E-state index in [2.05, 4.69) is 4.98 Å². The Morgan fingerprint density at radius 3 is 2.58 bits per heavy atom. The van der Waals surface area contributed by atoms with Crippen molar-refractivity contribution in [1.29, 1.82) is 0 Å². The van der Waals surface area contributed by atoms with Crippen molar-refractivity contribution in [1.82, 2.24) is 4.98 Å². The van der Waals surface area contributed by atoms with Crippen molar-refractivity contribution < 1.29 is 19.1 Å². The summed E-state index contributed by atoms with van der Waals surface area (Å²) < 4.78 is 13.4. The lowest BCUT2D eigenvalue weighted by molar-refractivity contribution is 0.0687. The fourth-order valence-corrected chi connectivity index (χ4v) is 2.52. The van der Waals surface area contributed by atoms with Crippen LogP contribution < -0.4 is 0 Å². The number of thiazole rings is 1. The van der Waals surface area contributed by atoms with Crippen LogP contribution in [0.5, 0.6) is 0 Å². The third kappa shape index (κ3) is 2.64. The van der Waals surface area contributed by atoms with E-state index in [1.807, 2.05) is 0 Å². The van der Waals surface area contributed by atoms with Crippen molar-refractivity contribution in [3.05, 3.63) is 39.6 Å². The summed E-state index contributed by atoms with van der Waals surface area (Å²) in [5.41, 5.74) is 0.0600. The lowest BCUT2D eigenvalue weighted by atomic mass is 10.2. The lowest BCUT2D eigenvalue weighted by Crippen LogP contribution is -2.03.